The van der Waals surface area contributed by atoms with Crippen LogP contribution in [0, 0.1) is 0 Å². The Bertz CT molecular complexity index is 835. The molecule has 0 bridgehead atoms. The molecule has 1 aromatic heterocycles. The molecule has 2 heterocycles. The van der Waals surface area contributed by atoms with E-state index in [4.69, 9.17) is 0 Å². The molecular formula is C19H16F6N2. The maximum Gasteiger partial charge on any atom is 0.416 e. The fraction of sp³-hybridized carbons (Fsp3) is 0.316. The first kappa shape index (κ1) is 19.4. The van der Waals surface area contributed by atoms with Crippen LogP contribution in [0.15, 0.2) is 42.5 Å². The van der Waals surface area contributed by atoms with Gasteiger partial charge in [0.2, 0.25) is 0 Å². The topological polar surface area (TPSA) is 16.1 Å². The van der Waals surface area contributed by atoms with Crippen molar-refractivity contribution in [1.82, 2.24) is 9.88 Å². The number of rotatable bonds is 2. The molecular weight excluding hydrogens is 370 g/mol. The van der Waals surface area contributed by atoms with Gasteiger partial charge in [-0.1, -0.05) is 12.1 Å². The molecule has 8 heteroatoms. The molecule has 27 heavy (non-hydrogen) atoms. The molecule has 3 rings (SSSR count). The van der Waals surface area contributed by atoms with E-state index >= 15 is 0 Å². The van der Waals surface area contributed by atoms with E-state index in [9.17, 15) is 26.3 Å². The highest BCUT2D eigenvalue weighted by atomic mass is 19.4. The molecule has 0 saturated carbocycles. The lowest BCUT2D eigenvalue weighted by Crippen LogP contribution is -2.23. The van der Waals surface area contributed by atoms with Gasteiger partial charge in [-0.2, -0.15) is 26.3 Å². The van der Waals surface area contributed by atoms with Crippen molar-refractivity contribution in [2.45, 2.75) is 18.8 Å². The highest BCUT2D eigenvalue weighted by Gasteiger charge is 2.37. The zero-order valence-electron chi connectivity index (χ0n) is 14.3. The zero-order chi connectivity index (χ0) is 19.8. The second kappa shape index (κ2) is 6.99. The van der Waals surface area contributed by atoms with Gasteiger partial charge in [-0.05, 0) is 49.4 Å². The van der Waals surface area contributed by atoms with Crippen LogP contribution in [0.5, 0.6) is 0 Å². The molecule has 0 radical (unpaired) electrons. The largest absolute Gasteiger partial charge is 0.416 e. The van der Waals surface area contributed by atoms with E-state index < -0.39 is 23.5 Å². The minimum Gasteiger partial charge on any atom is -0.302 e. The van der Waals surface area contributed by atoms with Gasteiger partial charge in [0.1, 0.15) is 0 Å². The Balaban J connectivity index is 2.07. The summed E-state index contributed by atoms with van der Waals surface area (Å²) in [6.45, 7) is 1.52. The molecule has 0 unspecified atom stereocenters. The minimum absolute atomic E-state index is 0.0731. The van der Waals surface area contributed by atoms with Crippen LogP contribution < -0.4 is 0 Å². The molecule has 0 atom stereocenters. The molecule has 0 aliphatic carbocycles. The zero-order valence-corrected chi connectivity index (χ0v) is 14.3. The van der Waals surface area contributed by atoms with E-state index in [0.717, 1.165) is 12.1 Å². The van der Waals surface area contributed by atoms with E-state index in [1.54, 1.807) is 12.1 Å². The summed E-state index contributed by atoms with van der Waals surface area (Å²) in [5.74, 6) is 0. The number of nitrogens with zero attached hydrogens (tertiary/aromatic N) is 2. The number of alkyl halides is 6. The maximum atomic E-state index is 13.1. The molecule has 1 aromatic carbocycles. The normalized spacial score (nSPS) is 16.3. The van der Waals surface area contributed by atoms with Crippen molar-refractivity contribution < 1.29 is 26.3 Å². The first-order valence-electron chi connectivity index (χ1n) is 8.19. The lowest BCUT2D eigenvalue weighted by molar-refractivity contribution is -0.143. The highest BCUT2D eigenvalue weighted by Crippen LogP contribution is 2.38. The fourth-order valence-corrected chi connectivity index (χ4v) is 2.88. The van der Waals surface area contributed by atoms with Crippen LogP contribution in [0.3, 0.4) is 0 Å². The summed E-state index contributed by atoms with van der Waals surface area (Å²) >= 11 is 0. The third kappa shape index (κ3) is 4.50. The van der Waals surface area contributed by atoms with E-state index in [2.05, 4.69) is 9.88 Å². The van der Waals surface area contributed by atoms with Crippen LogP contribution >= 0.6 is 0 Å². The summed E-state index contributed by atoms with van der Waals surface area (Å²) in [6.07, 6.45) is -7.10. The summed E-state index contributed by atoms with van der Waals surface area (Å²) in [4.78, 5) is 6.41. The first-order chi connectivity index (χ1) is 12.5. The predicted molar refractivity (Wildman–Crippen MR) is 89.8 cm³/mol. The molecule has 144 valence electrons. The van der Waals surface area contributed by atoms with Crippen LogP contribution in [-0.2, 0) is 12.4 Å². The number of aromatic nitrogens is 1. The molecule has 0 fully saturated rings. The molecule has 0 amide bonds. The van der Waals surface area contributed by atoms with Crippen molar-refractivity contribution in [3.8, 4) is 11.3 Å². The van der Waals surface area contributed by atoms with Gasteiger partial charge in [-0.15, -0.1) is 0 Å². The number of halogens is 6. The van der Waals surface area contributed by atoms with E-state index in [-0.39, 0.29) is 17.3 Å². The molecule has 0 spiro atoms. The quantitative estimate of drug-likeness (QED) is 0.633. The van der Waals surface area contributed by atoms with Gasteiger partial charge in [0.15, 0.2) is 0 Å². The predicted octanol–water partition coefficient (Wildman–Crippen LogP) is 5.51. The molecule has 2 aromatic rings. The number of pyridine rings is 1. The standard InChI is InChI=1S/C19H16F6N2/c1-27-7-5-12(6-8-27)16-3-2-4-17(26-16)13-9-14(18(20,21)22)11-15(10-13)19(23,24)25/h2-5,9-11H,6-8H2,1H3. The smallest absolute Gasteiger partial charge is 0.302 e. The summed E-state index contributed by atoms with van der Waals surface area (Å²) in [7, 11) is 1.96. The van der Waals surface area contributed by atoms with Gasteiger partial charge >= 0.3 is 12.4 Å². The Labute approximate surface area is 152 Å². The van der Waals surface area contributed by atoms with E-state index in [0.29, 0.717) is 30.8 Å². The molecule has 0 N–H and O–H groups in total. The Morgan fingerprint density at radius 2 is 1.48 bits per heavy atom. The van der Waals surface area contributed by atoms with Gasteiger partial charge in [-0.3, -0.25) is 0 Å². The van der Waals surface area contributed by atoms with Crippen molar-refractivity contribution in [2.24, 2.45) is 0 Å². The van der Waals surface area contributed by atoms with Crippen LogP contribution in [0.1, 0.15) is 23.2 Å². The highest BCUT2D eigenvalue weighted by molar-refractivity contribution is 5.68. The van der Waals surface area contributed by atoms with Crippen molar-refractivity contribution in [2.75, 3.05) is 20.1 Å². The molecule has 0 saturated heterocycles. The van der Waals surface area contributed by atoms with Crippen LogP contribution in [-0.4, -0.2) is 30.0 Å². The SMILES string of the molecule is CN1CC=C(c2cccc(-c3cc(C(F)(F)F)cc(C(F)(F)F)c3)n2)CC1. The van der Waals surface area contributed by atoms with E-state index in [1.807, 2.05) is 13.1 Å². The fourth-order valence-electron chi connectivity index (χ4n) is 2.88. The Morgan fingerprint density at radius 1 is 0.889 bits per heavy atom. The molecule has 2 nitrogen and oxygen atoms in total. The summed E-state index contributed by atoms with van der Waals surface area (Å²) < 4.78 is 78.3. The first-order valence-corrected chi connectivity index (χ1v) is 8.19. The average Bonchev–Trinajstić information content (AvgIpc) is 2.60. The monoisotopic (exact) mass is 386 g/mol. The summed E-state index contributed by atoms with van der Waals surface area (Å²) in [6, 6.07) is 6.22. The van der Waals surface area contributed by atoms with Crippen LogP contribution in [0.2, 0.25) is 0 Å². The number of hydrogen-bond acceptors (Lipinski definition) is 2. The number of hydrogen-bond donors (Lipinski definition) is 0. The van der Waals surface area contributed by atoms with Gasteiger partial charge < -0.3 is 4.90 Å². The second-order valence-corrected chi connectivity index (χ2v) is 6.44. The second-order valence-electron chi connectivity index (χ2n) is 6.44. The van der Waals surface area contributed by atoms with Crippen LogP contribution in [0.4, 0.5) is 26.3 Å². The van der Waals surface area contributed by atoms with Crippen molar-refractivity contribution in [3.63, 3.8) is 0 Å². The Morgan fingerprint density at radius 3 is 2.00 bits per heavy atom. The molecule has 1 aliphatic heterocycles. The lowest BCUT2D eigenvalue weighted by atomic mass is 10.0. The van der Waals surface area contributed by atoms with Gasteiger partial charge in [-0.25, -0.2) is 4.98 Å². The van der Waals surface area contributed by atoms with Crippen molar-refractivity contribution >= 4 is 5.57 Å². The van der Waals surface area contributed by atoms with Gasteiger partial charge in [0, 0.05) is 18.7 Å². The number of likely N-dealkylation sites (N-methyl/N-ethyl adjacent to an activating group) is 1. The van der Waals surface area contributed by atoms with E-state index in [1.165, 1.54) is 6.07 Å². The third-order valence-electron chi connectivity index (χ3n) is 4.37. The minimum atomic E-state index is -4.88. The Hall–Kier alpha value is -2.35. The van der Waals surface area contributed by atoms with Gasteiger partial charge in [0.05, 0.1) is 22.5 Å². The average molecular weight is 386 g/mol. The Kier molecular flexibility index (Phi) is 5.03. The molecule has 1 aliphatic rings. The summed E-state index contributed by atoms with van der Waals surface area (Å²) in [5.41, 5.74) is -1.35. The van der Waals surface area contributed by atoms with Crippen molar-refractivity contribution in [3.05, 3.63) is 59.3 Å². The van der Waals surface area contributed by atoms with Gasteiger partial charge in [0.25, 0.3) is 0 Å². The maximum absolute atomic E-state index is 13.1. The van der Waals surface area contributed by atoms with Crippen LogP contribution in [0.25, 0.3) is 16.8 Å². The lowest BCUT2D eigenvalue weighted by Gasteiger charge is -2.22. The number of benzene rings is 1. The summed E-state index contributed by atoms with van der Waals surface area (Å²) in [5, 5.41) is 0. The third-order valence-corrected chi connectivity index (χ3v) is 4.37. The van der Waals surface area contributed by atoms with Crippen molar-refractivity contribution in [1.29, 1.82) is 0 Å².